The number of aliphatic hydroxyl groups is 1. The second-order valence-electron chi connectivity index (χ2n) is 15.1. The molecule has 0 amide bonds. The highest BCUT2D eigenvalue weighted by atomic mass is 16.5. The minimum atomic E-state index is -0.197. The molecular weight excluding hydrogens is 633 g/mol. The molecule has 0 bridgehead atoms. The van der Waals surface area contributed by atoms with Gasteiger partial charge in [-0.25, -0.2) is 9.97 Å². The molecule has 4 heterocycles. The number of hydrogen-bond donors (Lipinski definition) is 1. The van der Waals surface area contributed by atoms with Gasteiger partial charge in [-0.05, 0) is 60.6 Å². The van der Waals surface area contributed by atoms with Crippen molar-refractivity contribution >= 4 is 5.97 Å². The summed E-state index contributed by atoms with van der Waals surface area (Å²) in [6.07, 6.45) is 21.7. The molecule has 5 aromatic rings. The van der Waals surface area contributed by atoms with E-state index in [9.17, 15) is 9.90 Å². The van der Waals surface area contributed by atoms with Gasteiger partial charge in [0.15, 0.2) is 0 Å². The molecule has 9 rings (SSSR count). The number of esters is 1. The molecule has 2 fully saturated rings. The fraction of sp³-hybridized carbons (Fsp3) is 0.432. The van der Waals surface area contributed by atoms with Crippen molar-refractivity contribution in [1.29, 1.82) is 0 Å². The van der Waals surface area contributed by atoms with Crippen molar-refractivity contribution in [2.24, 2.45) is 11.8 Å². The van der Waals surface area contributed by atoms with Crippen LogP contribution >= 0.6 is 0 Å². The largest absolute Gasteiger partial charge is 0.462 e. The maximum Gasteiger partial charge on any atom is 0.310 e. The van der Waals surface area contributed by atoms with Crippen LogP contribution in [0.3, 0.4) is 0 Å². The van der Waals surface area contributed by atoms with Crippen molar-refractivity contribution in [2.45, 2.75) is 108 Å². The zero-order valence-electron chi connectivity index (χ0n) is 29.5. The fourth-order valence-electron chi connectivity index (χ4n) is 9.32. The molecule has 4 atom stereocenters. The molecule has 3 aromatic carbocycles. The highest BCUT2D eigenvalue weighted by molar-refractivity contribution is 5.73. The van der Waals surface area contributed by atoms with E-state index in [1.807, 2.05) is 55.4 Å². The molecule has 7 nitrogen and oxygen atoms in total. The number of nitrogens with zero attached hydrogens (tertiary/aromatic N) is 4. The van der Waals surface area contributed by atoms with Crippen molar-refractivity contribution in [3.8, 4) is 22.5 Å². The Kier molecular flexibility index (Phi) is 10.2. The molecule has 0 saturated heterocycles. The molecule has 7 heteroatoms. The average Bonchev–Trinajstić information content (AvgIpc) is 3.97. The lowest BCUT2D eigenvalue weighted by atomic mass is 9.82. The number of carbonyl (C=O) groups is 1. The summed E-state index contributed by atoms with van der Waals surface area (Å²) in [5.74, 6) is 0.811. The number of imidazole rings is 2. The van der Waals surface area contributed by atoms with Crippen LogP contribution in [0.25, 0.3) is 22.5 Å². The van der Waals surface area contributed by atoms with E-state index in [4.69, 9.17) is 4.74 Å². The van der Waals surface area contributed by atoms with E-state index in [1.165, 1.54) is 79.3 Å². The van der Waals surface area contributed by atoms with Gasteiger partial charge < -0.3 is 19.0 Å². The number of benzene rings is 3. The third-order valence-electron chi connectivity index (χ3n) is 12.0. The second-order valence-corrected chi connectivity index (χ2v) is 15.1. The van der Waals surface area contributed by atoms with Crippen LogP contribution < -0.4 is 0 Å². The monoisotopic (exact) mass is 682 g/mol. The summed E-state index contributed by atoms with van der Waals surface area (Å²) >= 11 is 0. The topological polar surface area (TPSA) is 82.2 Å². The molecule has 4 unspecified atom stereocenters. The lowest BCUT2D eigenvalue weighted by Crippen LogP contribution is -2.31. The molecule has 4 aliphatic rings. The van der Waals surface area contributed by atoms with Crippen LogP contribution in [-0.2, 0) is 16.0 Å². The Labute approximate surface area is 301 Å². The summed E-state index contributed by atoms with van der Waals surface area (Å²) in [4.78, 5) is 21.5. The Morgan fingerprint density at radius 2 is 1.18 bits per heavy atom. The van der Waals surface area contributed by atoms with E-state index in [2.05, 4.69) is 67.6 Å². The molecule has 2 aromatic heterocycles. The van der Waals surface area contributed by atoms with Gasteiger partial charge in [-0.3, -0.25) is 4.79 Å². The van der Waals surface area contributed by atoms with E-state index in [0.717, 1.165) is 36.9 Å². The summed E-state index contributed by atoms with van der Waals surface area (Å²) in [5, 5.41) is 10.7. The molecule has 2 aliphatic heterocycles. The molecule has 0 spiro atoms. The Morgan fingerprint density at radius 1 is 0.667 bits per heavy atom. The molecule has 2 saturated carbocycles. The maximum absolute atomic E-state index is 12.8. The van der Waals surface area contributed by atoms with Crippen molar-refractivity contribution < 1.29 is 14.6 Å². The van der Waals surface area contributed by atoms with E-state index in [1.54, 1.807) is 0 Å². The number of aromatic nitrogens is 4. The first-order valence-electron chi connectivity index (χ1n) is 19.3. The van der Waals surface area contributed by atoms with Gasteiger partial charge in [0, 0.05) is 17.5 Å². The minimum Gasteiger partial charge on any atom is -0.462 e. The first-order valence-corrected chi connectivity index (χ1v) is 19.3. The Hall–Kier alpha value is -4.49. The number of aliphatic hydroxyl groups excluding tert-OH is 1. The maximum atomic E-state index is 12.8. The van der Waals surface area contributed by atoms with Crippen LogP contribution in [0.2, 0.25) is 0 Å². The van der Waals surface area contributed by atoms with E-state index >= 15 is 0 Å². The van der Waals surface area contributed by atoms with Gasteiger partial charge in [-0.2, -0.15) is 0 Å². The molecule has 51 heavy (non-hydrogen) atoms. The fourth-order valence-corrected chi connectivity index (χ4v) is 9.32. The van der Waals surface area contributed by atoms with Crippen molar-refractivity contribution in [3.05, 3.63) is 121 Å². The Morgan fingerprint density at radius 3 is 1.76 bits per heavy atom. The van der Waals surface area contributed by atoms with Gasteiger partial charge in [-0.15, -0.1) is 0 Å². The number of carbonyl (C=O) groups excluding carboxylic acids is 1. The summed E-state index contributed by atoms with van der Waals surface area (Å²) < 4.78 is 10.7. The van der Waals surface area contributed by atoms with E-state index in [-0.39, 0.29) is 30.3 Å². The quantitative estimate of drug-likeness (QED) is 0.157. The molecular formula is C44H50N4O3. The van der Waals surface area contributed by atoms with Gasteiger partial charge in [0.25, 0.3) is 0 Å². The molecule has 0 radical (unpaired) electrons. The second kappa shape index (κ2) is 15.4. The summed E-state index contributed by atoms with van der Waals surface area (Å²) in [5.41, 5.74) is 8.53. The molecule has 2 aliphatic carbocycles. The molecule has 264 valence electrons. The zero-order chi connectivity index (χ0) is 34.6. The Bertz CT molecular complexity index is 1900. The first-order chi connectivity index (χ1) is 25.1. The van der Waals surface area contributed by atoms with Gasteiger partial charge in [0.05, 0.1) is 61.0 Å². The van der Waals surface area contributed by atoms with Gasteiger partial charge in [-0.1, -0.05) is 117 Å². The predicted octanol–water partition coefficient (Wildman–Crippen LogP) is 9.36. The smallest absolute Gasteiger partial charge is 0.310 e. The van der Waals surface area contributed by atoms with Crippen molar-refractivity contribution in [3.63, 3.8) is 0 Å². The summed E-state index contributed by atoms with van der Waals surface area (Å²) in [6, 6.07) is 27.4. The number of rotatable bonds is 9. The highest BCUT2D eigenvalue weighted by Crippen LogP contribution is 2.44. The van der Waals surface area contributed by atoms with Crippen LogP contribution in [0.15, 0.2) is 104 Å². The SMILES string of the molecule is O=C(Cc1ccccc1)OC(CC1c2ccccc2-c2cncn21)C1CCCCC1.OC(CC1c2ccccc2-c2cncn21)C1CCCCC1. The summed E-state index contributed by atoms with van der Waals surface area (Å²) in [7, 11) is 0. The van der Waals surface area contributed by atoms with Gasteiger partial charge in [0.1, 0.15) is 6.10 Å². The van der Waals surface area contributed by atoms with E-state index < -0.39 is 0 Å². The first kappa shape index (κ1) is 33.6. The standard InChI is InChI=1S/C26H28N2O2.C18H22N2O/c29-26(15-19-9-3-1-4-10-19)30-25(20-11-5-2-6-12-20)16-23-21-13-7-8-14-22(21)24-17-27-18-28(23)24;21-18(13-6-2-1-3-7-13)10-16-14-8-4-5-9-15(14)17-11-19-12-20(16)17/h1,3-4,7-10,13-14,17-18,20,23,25H,2,5-6,11-12,15-16H2;4-5,8-9,11-13,16,18,21H,1-3,6-7,10H2. The van der Waals surface area contributed by atoms with Gasteiger partial charge >= 0.3 is 5.97 Å². The highest BCUT2D eigenvalue weighted by Gasteiger charge is 2.36. The van der Waals surface area contributed by atoms with Crippen molar-refractivity contribution in [2.75, 3.05) is 0 Å². The lowest BCUT2D eigenvalue weighted by Gasteiger charge is -2.32. The summed E-state index contributed by atoms with van der Waals surface area (Å²) in [6.45, 7) is 0. The minimum absolute atomic E-state index is 0.0621. The van der Waals surface area contributed by atoms with Crippen LogP contribution in [0, 0.1) is 11.8 Å². The van der Waals surface area contributed by atoms with E-state index in [0.29, 0.717) is 18.3 Å². The normalized spacial score (nSPS) is 20.6. The predicted molar refractivity (Wildman–Crippen MR) is 200 cm³/mol. The zero-order valence-corrected chi connectivity index (χ0v) is 29.5. The van der Waals surface area contributed by atoms with Crippen LogP contribution in [-0.4, -0.2) is 42.4 Å². The molecule has 1 N–H and O–H groups in total. The number of ether oxygens (including phenoxy) is 1. The van der Waals surface area contributed by atoms with Crippen LogP contribution in [0.5, 0.6) is 0 Å². The Balaban J connectivity index is 0.000000156. The lowest BCUT2D eigenvalue weighted by molar-refractivity contribution is -0.152. The van der Waals surface area contributed by atoms with Crippen molar-refractivity contribution in [1.82, 2.24) is 19.1 Å². The third-order valence-corrected chi connectivity index (χ3v) is 12.0. The van der Waals surface area contributed by atoms with Crippen LogP contribution in [0.4, 0.5) is 0 Å². The van der Waals surface area contributed by atoms with Gasteiger partial charge in [0.2, 0.25) is 0 Å². The number of hydrogen-bond acceptors (Lipinski definition) is 5. The third kappa shape index (κ3) is 7.18. The average molecular weight is 683 g/mol. The number of fused-ring (bicyclic) bond motifs is 6. The van der Waals surface area contributed by atoms with Crippen LogP contribution in [0.1, 0.15) is 106 Å².